The highest BCUT2D eigenvalue weighted by Crippen LogP contribution is 2.52. The Morgan fingerprint density at radius 2 is 0.688 bits per heavy atom. The van der Waals surface area contributed by atoms with E-state index in [2.05, 4.69) is 121 Å². The molecule has 6 heteroatoms. The Balaban J connectivity index is 1.31. The molecule has 0 saturated carbocycles. The molecule has 0 amide bonds. The van der Waals surface area contributed by atoms with Crippen LogP contribution < -0.4 is 0 Å². The van der Waals surface area contributed by atoms with Crippen LogP contribution in [-0.4, -0.2) is 32.5 Å². The van der Waals surface area contributed by atoms with Gasteiger partial charge in [0.05, 0.1) is 22.4 Å². The minimum Gasteiger partial charge on any atom is -0.443 e. The smallest absolute Gasteiger partial charge is 0.419 e. The number of ether oxygens (including phenoxy) is 2. The summed E-state index contributed by atoms with van der Waals surface area (Å²) < 4.78 is 16.1. The number of fused-ring (bicyclic) bond motifs is 2. The number of rotatable bonds is 3. The van der Waals surface area contributed by atoms with Crippen LogP contribution in [0, 0.1) is 0 Å². The molecule has 0 atom stereocenters. The average molecular weight is 833 g/mol. The predicted molar refractivity (Wildman–Crippen MR) is 264 cm³/mol. The van der Waals surface area contributed by atoms with E-state index in [1.165, 1.54) is 10.8 Å². The lowest BCUT2D eigenvalue weighted by Gasteiger charge is -2.24. The maximum atomic E-state index is 15.3. The summed E-state index contributed by atoms with van der Waals surface area (Å²) in [5, 5.41) is 15.3. The molecular formula is C58H44N2O4. The lowest BCUT2D eigenvalue weighted by atomic mass is 9.87. The summed E-state index contributed by atoms with van der Waals surface area (Å²) in [5.41, 5.74) is 4.21. The van der Waals surface area contributed by atoms with Crippen LogP contribution in [0.1, 0.15) is 41.5 Å². The summed E-state index contributed by atoms with van der Waals surface area (Å²) in [4.78, 5) is 30.6. The molecule has 0 saturated heterocycles. The van der Waals surface area contributed by atoms with E-state index in [1.54, 1.807) is 9.13 Å². The monoisotopic (exact) mass is 832 g/mol. The Morgan fingerprint density at radius 1 is 0.359 bits per heavy atom. The molecule has 0 aliphatic heterocycles. The average Bonchev–Trinajstić information content (AvgIpc) is 3.79. The van der Waals surface area contributed by atoms with Crippen LogP contribution in [-0.2, 0) is 9.47 Å². The summed E-state index contributed by atoms with van der Waals surface area (Å²) >= 11 is 0. The highest BCUT2D eigenvalue weighted by atomic mass is 16.6. The molecule has 0 N–H and O–H groups in total. The number of nitrogens with zero attached hydrogens (tertiary/aromatic N) is 2. The molecule has 12 aromatic rings. The quantitative estimate of drug-likeness (QED) is 0.166. The number of para-hydroxylation sites is 2. The van der Waals surface area contributed by atoms with Crippen LogP contribution in [0.15, 0.2) is 158 Å². The van der Waals surface area contributed by atoms with Crippen molar-refractivity contribution in [3.63, 3.8) is 0 Å². The van der Waals surface area contributed by atoms with Crippen LogP contribution >= 0.6 is 0 Å². The van der Waals surface area contributed by atoms with Gasteiger partial charge in [0.1, 0.15) is 11.2 Å². The lowest BCUT2D eigenvalue weighted by molar-refractivity contribution is 0.0527. The molecule has 0 aliphatic carbocycles. The van der Waals surface area contributed by atoms with E-state index < -0.39 is 23.4 Å². The molecule has 2 heterocycles. The molecule has 10 aromatic carbocycles. The van der Waals surface area contributed by atoms with Crippen molar-refractivity contribution in [2.24, 2.45) is 0 Å². The second-order valence-electron chi connectivity index (χ2n) is 19.1. The van der Waals surface area contributed by atoms with E-state index in [1.807, 2.05) is 77.9 Å². The number of hydrogen-bond acceptors (Lipinski definition) is 4. The molecule has 12 rings (SSSR count). The van der Waals surface area contributed by atoms with Crippen molar-refractivity contribution in [1.29, 1.82) is 0 Å². The molecule has 6 nitrogen and oxygen atoms in total. The SMILES string of the molecule is CC(C)(C)OC(=O)n1c(-c2c(-c3ccc4ccc5cccc6ccc3c4c56)c3ccccc3n2C(=O)OC(C)(C)C)c(-c2ccc3ccc4cccc5ccc2c3c45)c2ccccc21. The van der Waals surface area contributed by atoms with Crippen molar-refractivity contribution in [2.75, 3.05) is 0 Å². The van der Waals surface area contributed by atoms with E-state index in [9.17, 15) is 0 Å². The molecule has 0 fully saturated rings. The standard InChI is InChI=1S/C58H44N2O4/c1-57(2,3)63-55(61)59-45-19-9-7-17-43(45)51(41-31-27-37-23-21-33-13-11-15-35-25-29-39(41)49(37)47(33)35)53(59)54-52(44-18-8-10-20-46(44)60(54)56(62)64-58(4,5)6)42-32-28-38-24-22-34-14-12-16-36-26-30-40(42)50(38)48(34)36/h7-32H,1-6H3. The first-order valence-electron chi connectivity index (χ1n) is 21.9. The van der Waals surface area contributed by atoms with Gasteiger partial charge in [0.25, 0.3) is 0 Å². The molecule has 64 heavy (non-hydrogen) atoms. The predicted octanol–water partition coefficient (Wildman–Crippen LogP) is 16.0. The van der Waals surface area contributed by atoms with Gasteiger partial charge >= 0.3 is 12.2 Å². The summed E-state index contributed by atoms with van der Waals surface area (Å²) in [7, 11) is 0. The van der Waals surface area contributed by atoms with Crippen LogP contribution in [0.2, 0.25) is 0 Å². The Hall–Kier alpha value is -7.70. The largest absolute Gasteiger partial charge is 0.443 e. The molecule has 0 aliphatic rings. The fourth-order valence-electron chi connectivity index (χ4n) is 10.4. The van der Waals surface area contributed by atoms with Gasteiger partial charge in [0.15, 0.2) is 0 Å². The van der Waals surface area contributed by atoms with Gasteiger partial charge in [0.2, 0.25) is 0 Å². The number of carbonyl (C=O) groups excluding carboxylic acids is 2. The minimum atomic E-state index is -0.834. The second kappa shape index (κ2) is 13.4. The van der Waals surface area contributed by atoms with Gasteiger partial charge in [-0.15, -0.1) is 0 Å². The molecule has 2 aromatic heterocycles. The summed E-state index contributed by atoms with van der Waals surface area (Å²) in [6, 6.07) is 55.1. The Bertz CT molecular complexity index is 3620. The number of benzene rings is 10. The molecule has 0 unspecified atom stereocenters. The van der Waals surface area contributed by atoms with E-state index in [-0.39, 0.29) is 0 Å². The highest BCUT2D eigenvalue weighted by Gasteiger charge is 2.36. The van der Waals surface area contributed by atoms with Crippen molar-refractivity contribution >= 4 is 98.6 Å². The van der Waals surface area contributed by atoms with Gasteiger partial charge in [-0.25, -0.2) is 18.7 Å². The maximum Gasteiger partial charge on any atom is 0.419 e. The van der Waals surface area contributed by atoms with Crippen molar-refractivity contribution in [3.05, 3.63) is 158 Å². The van der Waals surface area contributed by atoms with Crippen molar-refractivity contribution < 1.29 is 19.1 Å². The van der Waals surface area contributed by atoms with Gasteiger partial charge in [-0.05, 0) is 129 Å². The van der Waals surface area contributed by atoms with E-state index in [0.717, 1.165) is 86.9 Å². The Kier molecular flexibility index (Phi) is 7.96. The topological polar surface area (TPSA) is 62.5 Å². The van der Waals surface area contributed by atoms with E-state index in [0.29, 0.717) is 22.4 Å². The second-order valence-corrected chi connectivity index (χ2v) is 19.1. The van der Waals surface area contributed by atoms with Gasteiger partial charge in [-0.2, -0.15) is 0 Å². The number of hydrogen-bond donors (Lipinski definition) is 0. The maximum absolute atomic E-state index is 15.3. The number of carbonyl (C=O) groups is 2. The highest BCUT2D eigenvalue weighted by molar-refractivity contribution is 6.30. The molecule has 0 spiro atoms. The lowest BCUT2D eigenvalue weighted by Crippen LogP contribution is -2.29. The first-order valence-corrected chi connectivity index (χ1v) is 21.9. The van der Waals surface area contributed by atoms with Crippen LogP contribution in [0.5, 0.6) is 0 Å². The van der Waals surface area contributed by atoms with E-state index >= 15 is 9.59 Å². The summed E-state index contributed by atoms with van der Waals surface area (Å²) in [6.45, 7) is 11.3. The van der Waals surface area contributed by atoms with Crippen molar-refractivity contribution in [1.82, 2.24) is 9.13 Å². The third kappa shape index (κ3) is 5.58. The minimum absolute atomic E-state index is 0.535. The number of aromatic nitrogens is 2. The molecule has 0 bridgehead atoms. The van der Waals surface area contributed by atoms with Crippen LogP contribution in [0.25, 0.3) is 120 Å². The van der Waals surface area contributed by atoms with Crippen LogP contribution in [0.4, 0.5) is 9.59 Å². The molecular weight excluding hydrogens is 789 g/mol. The fourth-order valence-corrected chi connectivity index (χ4v) is 10.4. The van der Waals surface area contributed by atoms with Gasteiger partial charge in [-0.1, -0.05) is 146 Å². The summed E-state index contributed by atoms with van der Waals surface area (Å²) in [6.07, 6.45) is -1.10. The third-order valence-electron chi connectivity index (χ3n) is 12.7. The third-order valence-corrected chi connectivity index (χ3v) is 12.7. The van der Waals surface area contributed by atoms with Crippen molar-refractivity contribution in [2.45, 2.75) is 52.7 Å². The zero-order chi connectivity index (χ0) is 43.8. The molecule has 0 radical (unpaired) electrons. The normalized spacial score (nSPS) is 12.7. The zero-order valence-corrected chi connectivity index (χ0v) is 36.5. The zero-order valence-electron chi connectivity index (χ0n) is 36.5. The Labute approximate surface area is 369 Å². The van der Waals surface area contributed by atoms with Gasteiger partial charge in [0, 0.05) is 21.9 Å². The fraction of sp³-hybridized carbons (Fsp3) is 0.138. The van der Waals surface area contributed by atoms with E-state index in [4.69, 9.17) is 9.47 Å². The summed E-state index contributed by atoms with van der Waals surface area (Å²) in [5.74, 6) is 0. The van der Waals surface area contributed by atoms with Gasteiger partial charge in [-0.3, -0.25) is 0 Å². The van der Waals surface area contributed by atoms with Crippen molar-refractivity contribution in [3.8, 4) is 33.6 Å². The van der Waals surface area contributed by atoms with Crippen LogP contribution in [0.3, 0.4) is 0 Å². The Morgan fingerprint density at radius 3 is 1.06 bits per heavy atom. The first kappa shape index (κ1) is 38.0. The molecule has 310 valence electrons. The first-order chi connectivity index (χ1) is 30.8. The van der Waals surface area contributed by atoms with Gasteiger partial charge < -0.3 is 9.47 Å².